The Balaban J connectivity index is 1.41. The predicted octanol–water partition coefficient (Wildman–Crippen LogP) is 8.60. The van der Waals surface area contributed by atoms with E-state index in [-0.39, 0.29) is 29.2 Å². The summed E-state index contributed by atoms with van der Waals surface area (Å²) < 4.78 is 39.0. The van der Waals surface area contributed by atoms with E-state index < -0.39 is 14.4 Å². The smallest absolute Gasteiger partial charge is 0.306 e. The van der Waals surface area contributed by atoms with Gasteiger partial charge in [0.15, 0.2) is 0 Å². The Morgan fingerprint density at radius 3 is 2.41 bits per heavy atom. The SMILES string of the molecule is COC(=O)C[C@@H]1COc2cc(O[C@@H]3CCc4c(-c5c(C)cc(O[Si](C)(C)C(C)(C)C)cc5C)ccc(F)c43)ccc21. The molecule has 5 nitrogen and oxygen atoms in total. The highest BCUT2D eigenvalue weighted by molar-refractivity contribution is 6.74. The molecular weight excluding hydrogens is 535 g/mol. The quantitative estimate of drug-likeness (QED) is 0.208. The number of halogens is 1. The number of carbonyl (C=O) groups is 1. The van der Waals surface area contributed by atoms with Crippen LogP contribution in [0.3, 0.4) is 0 Å². The maximum absolute atomic E-state index is 15.4. The first-order chi connectivity index (χ1) is 19.3. The molecule has 1 heterocycles. The third kappa shape index (κ3) is 5.61. The van der Waals surface area contributed by atoms with E-state index in [0.717, 1.165) is 45.6 Å². The summed E-state index contributed by atoms with van der Waals surface area (Å²) >= 11 is 0. The Hall–Kier alpha value is -3.32. The number of hydrogen-bond donors (Lipinski definition) is 0. The van der Waals surface area contributed by atoms with Gasteiger partial charge in [-0.05, 0) is 96.9 Å². The van der Waals surface area contributed by atoms with Crippen LogP contribution in [0.25, 0.3) is 11.1 Å². The van der Waals surface area contributed by atoms with Gasteiger partial charge in [-0.1, -0.05) is 32.9 Å². The number of methoxy groups -OCH3 is 1. The number of esters is 1. The van der Waals surface area contributed by atoms with Gasteiger partial charge >= 0.3 is 5.97 Å². The summed E-state index contributed by atoms with van der Waals surface area (Å²) in [4.78, 5) is 11.8. The molecule has 0 saturated carbocycles. The van der Waals surface area contributed by atoms with Gasteiger partial charge in [0.1, 0.15) is 29.2 Å². The van der Waals surface area contributed by atoms with Crippen molar-refractivity contribution in [3.05, 3.63) is 76.1 Å². The molecule has 0 unspecified atom stereocenters. The molecular formula is C34H41FO5Si. The van der Waals surface area contributed by atoms with Crippen molar-refractivity contribution >= 4 is 14.3 Å². The lowest BCUT2D eigenvalue weighted by Gasteiger charge is -2.36. The molecule has 0 radical (unpaired) electrons. The summed E-state index contributed by atoms with van der Waals surface area (Å²) in [7, 11) is -0.583. The number of aryl methyl sites for hydroxylation is 2. The third-order valence-corrected chi connectivity index (χ3v) is 13.4. The van der Waals surface area contributed by atoms with Crippen molar-refractivity contribution in [2.24, 2.45) is 0 Å². The van der Waals surface area contributed by atoms with Crippen molar-refractivity contribution in [2.75, 3.05) is 13.7 Å². The molecule has 0 bridgehead atoms. The minimum atomic E-state index is -1.97. The van der Waals surface area contributed by atoms with Gasteiger partial charge in [0, 0.05) is 23.1 Å². The van der Waals surface area contributed by atoms with Crippen LogP contribution < -0.4 is 13.9 Å². The zero-order valence-electron chi connectivity index (χ0n) is 25.4. The Labute approximate surface area is 244 Å². The van der Waals surface area contributed by atoms with Crippen molar-refractivity contribution in [1.82, 2.24) is 0 Å². The summed E-state index contributed by atoms with van der Waals surface area (Å²) in [6.45, 7) is 15.9. The van der Waals surface area contributed by atoms with E-state index in [2.05, 4.69) is 59.8 Å². The highest BCUT2D eigenvalue weighted by Gasteiger charge is 2.39. The van der Waals surface area contributed by atoms with Crippen LogP contribution in [0.15, 0.2) is 42.5 Å². The summed E-state index contributed by atoms with van der Waals surface area (Å²) in [5, 5.41) is 0.107. The van der Waals surface area contributed by atoms with E-state index in [1.54, 1.807) is 6.07 Å². The molecule has 3 aromatic carbocycles. The first kappa shape index (κ1) is 29.2. The zero-order valence-corrected chi connectivity index (χ0v) is 26.4. The molecule has 0 amide bonds. The van der Waals surface area contributed by atoms with E-state index >= 15 is 4.39 Å². The Bertz CT molecular complexity index is 1470. The fourth-order valence-corrected chi connectivity index (χ4v) is 6.84. The van der Waals surface area contributed by atoms with E-state index in [1.807, 2.05) is 24.3 Å². The van der Waals surface area contributed by atoms with Gasteiger partial charge in [0.25, 0.3) is 0 Å². The average Bonchev–Trinajstić information content (AvgIpc) is 3.48. The molecule has 1 aliphatic carbocycles. The van der Waals surface area contributed by atoms with Gasteiger partial charge in [-0.15, -0.1) is 0 Å². The molecule has 7 heteroatoms. The monoisotopic (exact) mass is 576 g/mol. The van der Waals surface area contributed by atoms with Crippen molar-refractivity contribution in [1.29, 1.82) is 0 Å². The van der Waals surface area contributed by atoms with Gasteiger partial charge in [-0.3, -0.25) is 4.79 Å². The first-order valence-corrected chi connectivity index (χ1v) is 17.3. The molecule has 1 aliphatic heterocycles. The number of carbonyl (C=O) groups excluding carboxylic acids is 1. The summed E-state index contributed by atoms with van der Waals surface area (Å²) in [6.07, 6.45) is 1.31. The largest absolute Gasteiger partial charge is 0.543 e. The minimum Gasteiger partial charge on any atom is -0.543 e. The summed E-state index contributed by atoms with van der Waals surface area (Å²) in [5.74, 6) is 1.70. The highest BCUT2D eigenvalue weighted by atomic mass is 28.4. The molecule has 0 spiro atoms. The standard InChI is InChI=1S/C34H41FO5Si/c1-20-15-24(40-41(7,8)34(3,4)5)16-21(2)32(20)26-11-13-28(35)33-27(26)12-14-29(33)39-23-9-10-25-22(17-31(36)37-6)19-38-30(25)18-23/h9-11,13,15-16,18,22,29H,12,14,17,19H2,1-8H3/t22-,29-/m1/s1. The Morgan fingerprint density at radius 2 is 1.76 bits per heavy atom. The maximum atomic E-state index is 15.4. The lowest BCUT2D eigenvalue weighted by Crippen LogP contribution is -2.43. The van der Waals surface area contributed by atoms with Crippen LogP contribution in [0.4, 0.5) is 4.39 Å². The molecule has 0 N–H and O–H groups in total. The molecule has 41 heavy (non-hydrogen) atoms. The maximum Gasteiger partial charge on any atom is 0.306 e. The van der Waals surface area contributed by atoms with Crippen LogP contribution in [0.2, 0.25) is 18.1 Å². The van der Waals surface area contributed by atoms with Crippen LogP contribution in [0.5, 0.6) is 17.2 Å². The molecule has 5 rings (SSSR count). The van der Waals surface area contributed by atoms with E-state index in [0.29, 0.717) is 30.1 Å². The number of fused-ring (bicyclic) bond motifs is 2. The fourth-order valence-electron chi connectivity index (χ4n) is 5.83. The molecule has 2 atom stereocenters. The lowest BCUT2D eigenvalue weighted by molar-refractivity contribution is -0.141. The minimum absolute atomic E-state index is 0.0381. The van der Waals surface area contributed by atoms with Crippen molar-refractivity contribution in [2.45, 2.75) is 84.0 Å². The Kier molecular flexibility index (Phi) is 7.70. The fraction of sp³-hybridized carbons (Fsp3) is 0.441. The van der Waals surface area contributed by atoms with Crippen LogP contribution >= 0.6 is 0 Å². The highest BCUT2D eigenvalue weighted by Crippen LogP contribution is 2.46. The number of benzene rings is 3. The number of hydrogen-bond acceptors (Lipinski definition) is 5. The Morgan fingerprint density at radius 1 is 1.05 bits per heavy atom. The van der Waals surface area contributed by atoms with Gasteiger partial charge in [-0.2, -0.15) is 0 Å². The molecule has 0 aromatic heterocycles. The number of rotatable bonds is 7. The van der Waals surface area contributed by atoms with Gasteiger partial charge < -0.3 is 18.6 Å². The molecule has 0 fully saturated rings. The van der Waals surface area contributed by atoms with Crippen LogP contribution in [-0.4, -0.2) is 28.0 Å². The van der Waals surface area contributed by atoms with E-state index in [4.69, 9.17) is 18.6 Å². The molecule has 0 saturated heterocycles. The van der Waals surface area contributed by atoms with Gasteiger partial charge in [0.05, 0.1) is 20.1 Å². The van der Waals surface area contributed by atoms with E-state index in [1.165, 1.54) is 7.11 Å². The second-order valence-corrected chi connectivity index (χ2v) is 17.6. The third-order valence-electron chi connectivity index (χ3n) is 9.02. The normalized spacial score (nSPS) is 18.0. The van der Waals surface area contributed by atoms with Crippen LogP contribution in [0.1, 0.15) is 73.5 Å². The van der Waals surface area contributed by atoms with Crippen molar-refractivity contribution in [3.8, 4) is 28.4 Å². The summed E-state index contributed by atoms with van der Waals surface area (Å²) in [5.41, 5.74) is 7.04. The molecule has 218 valence electrons. The predicted molar refractivity (Wildman–Crippen MR) is 162 cm³/mol. The van der Waals surface area contributed by atoms with Crippen molar-refractivity contribution < 1.29 is 27.8 Å². The van der Waals surface area contributed by atoms with Crippen LogP contribution in [0, 0.1) is 19.7 Å². The lowest BCUT2D eigenvalue weighted by atomic mass is 9.90. The molecule has 3 aromatic rings. The second-order valence-electron chi connectivity index (χ2n) is 12.9. The second kappa shape index (κ2) is 10.8. The topological polar surface area (TPSA) is 54.0 Å². The first-order valence-electron chi connectivity index (χ1n) is 14.4. The van der Waals surface area contributed by atoms with Crippen molar-refractivity contribution in [3.63, 3.8) is 0 Å². The van der Waals surface area contributed by atoms with Gasteiger partial charge in [-0.25, -0.2) is 4.39 Å². The number of ether oxygens (including phenoxy) is 3. The van der Waals surface area contributed by atoms with Gasteiger partial charge in [0.2, 0.25) is 8.32 Å². The summed E-state index contributed by atoms with van der Waals surface area (Å²) in [6, 6.07) is 13.4. The van der Waals surface area contributed by atoms with Crippen LogP contribution in [-0.2, 0) is 16.0 Å². The zero-order chi connectivity index (χ0) is 29.7. The molecule has 2 aliphatic rings. The average molecular weight is 577 g/mol. The van der Waals surface area contributed by atoms with E-state index in [9.17, 15) is 4.79 Å².